The molecule has 98 valence electrons. The van der Waals surface area contributed by atoms with Crippen molar-refractivity contribution in [3.63, 3.8) is 0 Å². The molecule has 1 aliphatic heterocycles. The first-order chi connectivity index (χ1) is 8.41. The van der Waals surface area contributed by atoms with Crippen LogP contribution in [0.1, 0.15) is 30.9 Å². The molecule has 0 unspecified atom stereocenters. The van der Waals surface area contributed by atoms with E-state index in [9.17, 15) is 9.59 Å². The van der Waals surface area contributed by atoms with Crippen LogP contribution in [-0.2, 0) is 11.3 Å². The predicted molar refractivity (Wildman–Crippen MR) is 63.7 cm³/mol. The van der Waals surface area contributed by atoms with Crippen molar-refractivity contribution in [3.8, 4) is 0 Å². The number of amides is 3. The van der Waals surface area contributed by atoms with E-state index in [0.717, 1.165) is 5.56 Å². The minimum absolute atomic E-state index is 0.0797. The van der Waals surface area contributed by atoms with Crippen molar-refractivity contribution < 1.29 is 14.1 Å². The van der Waals surface area contributed by atoms with Crippen LogP contribution < -0.4 is 5.32 Å². The van der Waals surface area contributed by atoms with Gasteiger partial charge in [0.15, 0.2) is 0 Å². The maximum atomic E-state index is 12.1. The molecule has 2 heterocycles. The van der Waals surface area contributed by atoms with Crippen molar-refractivity contribution in [1.82, 2.24) is 15.4 Å². The van der Waals surface area contributed by atoms with Crippen molar-refractivity contribution in [2.75, 3.05) is 0 Å². The summed E-state index contributed by atoms with van der Waals surface area (Å²) in [4.78, 5) is 25.1. The van der Waals surface area contributed by atoms with E-state index in [-0.39, 0.29) is 24.4 Å². The van der Waals surface area contributed by atoms with Gasteiger partial charge in [-0.25, -0.2) is 4.79 Å². The van der Waals surface area contributed by atoms with Gasteiger partial charge in [0, 0.05) is 5.56 Å². The highest BCUT2D eigenvalue weighted by molar-refractivity contribution is 6.04. The van der Waals surface area contributed by atoms with Gasteiger partial charge in [0.25, 0.3) is 5.91 Å². The van der Waals surface area contributed by atoms with Gasteiger partial charge in [0.05, 0.1) is 12.2 Å². The van der Waals surface area contributed by atoms with Crippen LogP contribution in [0.3, 0.4) is 0 Å². The number of carbonyl (C=O) groups excluding carboxylic acids is 2. The van der Waals surface area contributed by atoms with E-state index in [0.29, 0.717) is 11.5 Å². The smallest absolute Gasteiger partial charge is 0.325 e. The standard InChI is InChI=1S/C12H17N3O3/c1-6(2)10-11(16)15(12(17)13-10)5-9-7(3)14-18-8(9)4/h6,10H,5H2,1-4H3,(H,13,17)/t10-/m0/s1. The van der Waals surface area contributed by atoms with Crippen molar-refractivity contribution in [1.29, 1.82) is 0 Å². The fourth-order valence-electron chi connectivity index (χ4n) is 2.03. The molecule has 3 amide bonds. The zero-order valence-corrected chi connectivity index (χ0v) is 11.0. The highest BCUT2D eigenvalue weighted by Gasteiger charge is 2.40. The van der Waals surface area contributed by atoms with Gasteiger partial charge in [-0.05, 0) is 19.8 Å². The summed E-state index contributed by atoms with van der Waals surface area (Å²) >= 11 is 0. The molecule has 1 aromatic rings. The van der Waals surface area contributed by atoms with E-state index < -0.39 is 6.04 Å². The molecule has 0 bridgehead atoms. The van der Waals surface area contributed by atoms with Gasteiger partial charge in [-0.2, -0.15) is 0 Å². The van der Waals surface area contributed by atoms with Gasteiger partial charge in [-0.1, -0.05) is 19.0 Å². The number of hydrogen-bond donors (Lipinski definition) is 1. The Kier molecular flexibility index (Phi) is 3.11. The molecular formula is C12H17N3O3. The van der Waals surface area contributed by atoms with Gasteiger partial charge < -0.3 is 9.84 Å². The number of aromatic nitrogens is 1. The first-order valence-corrected chi connectivity index (χ1v) is 5.95. The third kappa shape index (κ3) is 1.98. The van der Waals surface area contributed by atoms with E-state index in [1.165, 1.54) is 4.90 Å². The van der Waals surface area contributed by atoms with Crippen LogP contribution in [0.2, 0.25) is 0 Å². The quantitative estimate of drug-likeness (QED) is 0.823. The molecule has 1 atom stereocenters. The molecule has 0 radical (unpaired) electrons. The van der Waals surface area contributed by atoms with Crippen LogP contribution in [0.4, 0.5) is 4.79 Å². The number of carbonyl (C=O) groups is 2. The lowest BCUT2D eigenvalue weighted by Gasteiger charge is -2.14. The van der Waals surface area contributed by atoms with Crippen LogP contribution in [0.15, 0.2) is 4.52 Å². The van der Waals surface area contributed by atoms with Gasteiger partial charge >= 0.3 is 6.03 Å². The molecule has 0 aromatic carbocycles. The lowest BCUT2D eigenvalue weighted by molar-refractivity contribution is -0.128. The van der Waals surface area contributed by atoms with E-state index in [1.807, 2.05) is 13.8 Å². The second-order valence-corrected chi connectivity index (χ2v) is 4.90. The topological polar surface area (TPSA) is 75.4 Å². The van der Waals surface area contributed by atoms with Crippen LogP contribution >= 0.6 is 0 Å². The maximum absolute atomic E-state index is 12.1. The van der Waals surface area contributed by atoms with Crippen molar-refractivity contribution in [2.24, 2.45) is 5.92 Å². The minimum Gasteiger partial charge on any atom is -0.361 e. The Morgan fingerprint density at radius 2 is 2.06 bits per heavy atom. The Bertz CT molecular complexity index is 473. The number of hydrogen-bond acceptors (Lipinski definition) is 4. The molecule has 1 aliphatic rings. The molecular weight excluding hydrogens is 234 g/mol. The van der Waals surface area contributed by atoms with Crippen molar-refractivity contribution >= 4 is 11.9 Å². The normalized spacial score (nSPS) is 19.8. The average Bonchev–Trinajstić information content (AvgIpc) is 2.75. The van der Waals surface area contributed by atoms with E-state index >= 15 is 0 Å². The lowest BCUT2D eigenvalue weighted by atomic mass is 10.0. The van der Waals surface area contributed by atoms with Crippen LogP contribution in [0, 0.1) is 19.8 Å². The van der Waals surface area contributed by atoms with Crippen LogP contribution in [-0.4, -0.2) is 28.0 Å². The molecule has 6 nitrogen and oxygen atoms in total. The molecule has 1 fully saturated rings. The molecule has 1 aromatic heterocycles. The van der Waals surface area contributed by atoms with Crippen LogP contribution in [0.25, 0.3) is 0 Å². The molecule has 1 saturated heterocycles. The first-order valence-electron chi connectivity index (χ1n) is 5.95. The van der Waals surface area contributed by atoms with E-state index in [1.54, 1.807) is 13.8 Å². The minimum atomic E-state index is -0.432. The second kappa shape index (κ2) is 4.44. The monoisotopic (exact) mass is 251 g/mol. The SMILES string of the molecule is Cc1noc(C)c1CN1C(=O)N[C@@H](C(C)C)C1=O. The molecule has 2 rings (SSSR count). The zero-order valence-electron chi connectivity index (χ0n) is 11.0. The molecule has 1 N–H and O–H groups in total. The lowest BCUT2D eigenvalue weighted by Crippen LogP contribution is -2.34. The summed E-state index contributed by atoms with van der Waals surface area (Å²) in [5, 5.41) is 6.51. The van der Waals surface area contributed by atoms with Gasteiger partial charge in [-0.15, -0.1) is 0 Å². The Morgan fingerprint density at radius 3 is 2.50 bits per heavy atom. The predicted octanol–water partition coefficient (Wildman–Crippen LogP) is 1.37. The molecule has 0 saturated carbocycles. The summed E-state index contributed by atoms with van der Waals surface area (Å²) in [5.74, 6) is 0.534. The molecule has 6 heteroatoms. The van der Waals surface area contributed by atoms with Crippen LogP contribution in [0.5, 0.6) is 0 Å². The summed E-state index contributed by atoms with van der Waals surface area (Å²) in [6.07, 6.45) is 0. The molecule has 0 spiro atoms. The Labute approximate surface area is 105 Å². The third-order valence-electron chi connectivity index (χ3n) is 3.22. The van der Waals surface area contributed by atoms with Gasteiger partial charge in [0.2, 0.25) is 0 Å². The summed E-state index contributed by atoms with van der Waals surface area (Å²) in [7, 11) is 0. The summed E-state index contributed by atoms with van der Waals surface area (Å²) in [5.41, 5.74) is 1.50. The number of rotatable bonds is 3. The van der Waals surface area contributed by atoms with Gasteiger partial charge in [-0.3, -0.25) is 9.69 Å². The number of aryl methyl sites for hydroxylation is 2. The largest absolute Gasteiger partial charge is 0.361 e. The second-order valence-electron chi connectivity index (χ2n) is 4.90. The number of nitrogens with one attached hydrogen (secondary N) is 1. The third-order valence-corrected chi connectivity index (χ3v) is 3.22. The van der Waals surface area contributed by atoms with Crippen molar-refractivity contribution in [2.45, 2.75) is 40.3 Å². The highest BCUT2D eigenvalue weighted by atomic mass is 16.5. The molecule has 0 aliphatic carbocycles. The summed E-state index contributed by atoms with van der Waals surface area (Å²) < 4.78 is 5.03. The van der Waals surface area contributed by atoms with E-state index in [2.05, 4.69) is 10.5 Å². The van der Waals surface area contributed by atoms with Gasteiger partial charge in [0.1, 0.15) is 11.8 Å². The first kappa shape index (κ1) is 12.6. The summed E-state index contributed by atoms with van der Waals surface area (Å²) in [6.45, 7) is 7.59. The number of urea groups is 1. The fraction of sp³-hybridized carbons (Fsp3) is 0.583. The van der Waals surface area contributed by atoms with Crippen molar-refractivity contribution in [3.05, 3.63) is 17.0 Å². The highest BCUT2D eigenvalue weighted by Crippen LogP contribution is 2.20. The maximum Gasteiger partial charge on any atom is 0.325 e. The number of imide groups is 1. The van der Waals surface area contributed by atoms with E-state index in [4.69, 9.17) is 4.52 Å². The average molecular weight is 251 g/mol. The Balaban J connectivity index is 2.20. The molecule has 18 heavy (non-hydrogen) atoms. The Morgan fingerprint density at radius 1 is 1.39 bits per heavy atom. The zero-order chi connectivity index (χ0) is 13.4. The fourth-order valence-corrected chi connectivity index (χ4v) is 2.03. The Hall–Kier alpha value is -1.85. The number of nitrogens with zero attached hydrogens (tertiary/aromatic N) is 2. The summed E-state index contributed by atoms with van der Waals surface area (Å²) in [6, 6.07) is -0.781.